The zero-order valence-corrected chi connectivity index (χ0v) is 18.2. The van der Waals surface area contributed by atoms with Crippen LogP contribution in [-0.2, 0) is 11.3 Å². The first-order chi connectivity index (χ1) is 13.9. The van der Waals surface area contributed by atoms with Crippen molar-refractivity contribution in [1.82, 2.24) is 4.90 Å². The topological polar surface area (TPSA) is 65.1 Å². The molecule has 0 saturated carbocycles. The Morgan fingerprint density at radius 2 is 1.62 bits per heavy atom. The van der Waals surface area contributed by atoms with Gasteiger partial charge in [0, 0.05) is 21.7 Å². The number of carbonyl (C=O) groups excluding carboxylic acids is 2. The lowest BCUT2D eigenvalue weighted by molar-refractivity contribution is -0.123. The van der Waals surface area contributed by atoms with Crippen LogP contribution in [0.5, 0.6) is 17.2 Å². The van der Waals surface area contributed by atoms with Crippen molar-refractivity contribution >= 4 is 52.2 Å². The van der Waals surface area contributed by atoms with Crippen LogP contribution in [0.3, 0.4) is 0 Å². The molecular weight excluding hydrogens is 437 g/mol. The highest BCUT2D eigenvalue weighted by Gasteiger charge is 2.35. The van der Waals surface area contributed by atoms with Crippen molar-refractivity contribution < 1.29 is 23.8 Å². The monoisotopic (exact) mass is 453 g/mol. The first-order valence-electron chi connectivity index (χ1n) is 8.37. The molecule has 0 aliphatic carbocycles. The summed E-state index contributed by atoms with van der Waals surface area (Å²) >= 11 is 12.9. The van der Waals surface area contributed by atoms with Crippen molar-refractivity contribution in [2.45, 2.75) is 6.54 Å². The molecule has 2 amide bonds. The van der Waals surface area contributed by atoms with Crippen LogP contribution in [0.25, 0.3) is 6.08 Å². The fourth-order valence-corrected chi connectivity index (χ4v) is 4.06. The molecule has 0 N–H and O–H groups in total. The molecule has 1 saturated heterocycles. The van der Waals surface area contributed by atoms with Gasteiger partial charge in [-0.05, 0) is 41.6 Å². The SMILES string of the molecule is COc1cc(OC)c(OC)cc1/C=C1\SC(=O)N(Cc2ccc(Cl)cc2Cl)C1=O. The molecule has 0 radical (unpaired) electrons. The molecule has 0 spiro atoms. The third-order valence-corrected chi connectivity index (χ3v) is 5.73. The average molecular weight is 454 g/mol. The van der Waals surface area contributed by atoms with E-state index in [0.717, 1.165) is 16.7 Å². The Morgan fingerprint density at radius 1 is 0.966 bits per heavy atom. The quantitative estimate of drug-likeness (QED) is 0.556. The normalized spacial score (nSPS) is 15.2. The van der Waals surface area contributed by atoms with Crippen LogP contribution >= 0.6 is 35.0 Å². The van der Waals surface area contributed by atoms with E-state index in [1.54, 1.807) is 36.4 Å². The van der Waals surface area contributed by atoms with Gasteiger partial charge in [-0.25, -0.2) is 0 Å². The Kier molecular flexibility index (Phi) is 6.62. The van der Waals surface area contributed by atoms with Crippen LogP contribution in [-0.4, -0.2) is 37.4 Å². The van der Waals surface area contributed by atoms with E-state index in [0.29, 0.717) is 38.4 Å². The number of ether oxygens (including phenoxy) is 3. The number of halogens is 2. The molecule has 0 unspecified atom stereocenters. The third kappa shape index (κ3) is 4.47. The number of rotatable bonds is 6. The summed E-state index contributed by atoms with van der Waals surface area (Å²) < 4.78 is 16.0. The maximum Gasteiger partial charge on any atom is 0.293 e. The number of hydrogen-bond donors (Lipinski definition) is 0. The smallest absolute Gasteiger partial charge is 0.293 e. The molecule has 1 aliphatic rings. The van der Waals surface area contributed by atoms with Crippen molar-refractivity contribution in [3.05, 3.63) is 56.4 Å². The highest BCUT2D eigenvalue weighted by atomic mass is 35.5. The van der Waals surface area contributed by atoms with E-state index in [1.807, 2.05) is 0 Å². The second-order valence-corrected chi connectivity index (χ2v) is 7.79. The molecule has 0 bridgehead atoms. The van der Waals surface area contributed by atoms with Gasteiger partial charge in [0.2, 0.25) is 0 Å². The van der Waals surface area contributed by atoms with Gasteiger partial charge in [0.15, 0.2) is 11.5 Å². The molecule has 2 aromatic carbocycles. The van der Waals surface area contributed by atoms with Gasteiger partial charge >= 0.3 is 0 Å². The number of methoxy groups -OCH3 is 3. The molecule has 29 heavy (non-hydrogen) atoms. The molecule has 9 heteroatoms. The first kappa shape index (κ1) is 21.4. The molecule has 0 aromatic heterocycles. The van der Waals surface area contributed by atoms with Gasteiger partial charge in [-0.3, -0.25) is 14.5 Å². The van der Waals surface area contributed by atoms with Gasteiger partial charge < -0.3 is 14.2 Å². The van der Waals surface area contributed by atoms with Gasteiger partial charge in [-0.1, -0.05) is 29.3 Å². The molecular formula is C20H17Cl2NO5S. The molecule has 1 heterocycles. The van der Waals surface area contributed by atoms with Crippen molar-refractivity contribution in [1.29, 1.82) is 0 Å². The van der Waals surface area contributed by atoms with Crippen LogP contribution in [0.15, 0.2) is 35.2 Å². The largest absolute Gasteiger partial charge is 0.496 e. The van der Waals surface area contributed by atoms with E-state index in [4.69, 9.17) is 37.4 Å². The summed E-state index contributed by atoms with van der Waals surface area (Å²) in [5, 5.41) is 0.488. The Hall–Kier alpha value is -2.35. The first-order valence-corrected chi connectivity index (χ1v) is 9.94. The fraction of sp³-hybridized carbons (Fsp3) is 0.200. The van der Waals surface area contributed by atoms with E-state index in [9.17, 15) is 9.59 Å². The lowest BCUT2D eigenvalue weighted by atomic mass is 10.1. The average Bonchev–Trinajstić information content (AvgIpc) is 2.96. The third-order valence-electron chi connectivity index (χ3n) is 4.24. The minimum atomic E-state index is -0.414. The molecule has 2 aromatic rings. The molecule has 1 aliphatic heterocycles. The number of nitrogens with zero attached hydrogens (tertiary/aromatic N) is 1. The summed E-state index contributed by atoms with van der Waals surface area (Å²) in [6, 6.07) is 8.26. The van der Waals surface area contributed by atoms with Crippen molar-refractivity contribution in [3.63, 3.8) is 0 Å². The zero-order chi connectivity index (χ0) is 21.1. The lowest BCUT2D eigenvalue weighted by Gasteiger charge is -2.14. The number of hydrogen-bond acceptors (Lipinski definition) is 6. The van der Waals surface area contributed by atoms with Crippen LogP contribution < -0.4 is 14.2 Å². The molecule has 0 atom stereocenters. The van der Waals surface area contributed by atoms with E-state index in [1.165, 1.54) is 21.3 Å². The van der Waals surface area contributed by atoms with E-state index < -0.39 is 5.91 Å². The summed E-state index contributed by atoms with van der Waals surface area (Å²) in [6.45, 7) is 0.0566. The Labute approximate surface area is 182 Å². The molecule has 3 rings (SSSR count). The summed E-state index contributed by atoms with van der Waals surface area (Å²) in [4.78, 5) is 26.7. The Morgan fingerprint density at radius 3 is 2.24 bits per heavy atom. The standard InChI is InChI=1S/C20H17Cl2NO5S/c1-26-15-9-17(28-3)16(27-2)6-12(15)7-18-19(24)23(20(25)29-18)10-11-4-5-13(21)8-14(11)22/h4-9H,10H2,1-3H3/b18-7-. The maximum atomic E-state index is 12.8. The number of thioether (sulfide) groups is 1. The molecule has 152 valence electrons. The highest BCUT2D eigenvalue weighted by molar-refractivity contribution is 8.18. The second-order valence-electron chi connectivity index (χ2n) is 5.95. The van der Waals surface area contributed by atoms with Crippen molar-refractivity contribution in [2.24, 2.45) is 0 Å². The van der Waals surface area contributed by atoms with Crippen LogP contribution in [0.1, 0.15) is 11.1 Å². The highest BCUT2D eigenvalue weighted by Crippen LogP contribution is 2.39. The van der Waals surface area contributed by atoms with E-state index in [2.05, 4.69) is 0 Å². The fourth-order valence-electron chi connectivity index (χ4n) is 2.76. The molecule has 1 fully saturated rings. The minimum absolute atomic E-state index is 0.0566. The maximum absolute atomic E-state index is 12.8. The summed E-state index contributed by atoms with van der Waals surface area (Å²) in [7, 11) is 4.54. The van der Waals surface area contributed by atoms with Gasteiger partial charge in [0.25, 0.3) is 11.1 Å². The van der Waals surface area contributed by atoms with E-state index >= 15 is 0 Å². The summed E-state index contributed by atoms with van der Waals surface area (Å²) in [5.74, 6) is 1.04. The number of amides is 2. The lowest BCUT2D eigenvalue weighted by Crippen LogP contribution is -2.27. The van der Waals surface area contributed by atoms with Crippen LogP contribution in [0.2, 0.25) is 10.0 Å². The van der Waals surface area contributed by atoms with Crippen LogP contribution in [0, 0.1) is 0 Å². The van der Waals surface area contributed by atoms with Gasteiger partial charge in [0.05, 0.1) is 32.8 Å². The predicted molar refractivity (Wildman–Crippen MR) is 114 cm³/mol. The van der Waals surface area contributed by atoms with Gasteiger partial charge in [0.1, 0.15) is 5.75 Å². The number of carbonyl (C=O) groups is 2. The minimum Gasteiger partial charge on any atom is -0.496 e. The second kappa shape index (κ2) is 8.98. The Bertz CT molecular complexity index is 1010. The Balaban J connectivity index is 1.92. The number of imide groups is 1. The zero-order valence-electron chi connectivity index (χ0n) is 15.8. The van der Waals surface area contributed by atoms with Gasteiger partial charge in [-0.2, -0.15) is 0 Å². The summed E-state index contributed by atoms with van der Waals surface area (Å²) in [6.07, 6.45) is 1.59. The van der Waals surface area contributed by atoms with E-state index in [-0.39, 0.29) is 16.7 Å². The summed E-state index contributed by atoms with van der Waals surface area (Å²) in [5.41, 5.74) is 1.21. The van der Waals surface area contributed by atoms with Crippen LogP contribution in [0.4, 0.5) is 4.79 Å². The number of benzene rings is 2. The van der Waals surface area contributed by atoms with Gasteiger partial charge in [-0.15, -0.1) is 0 Å². The predicted octanol–water partition coefficient (Wildman–Crippen LogP) is 5.26. The van der Waals surface area contributed by atoms with Crippen molar-refractivity contribution in [3.8, 4) is 17.2 Å². The molecule has 6 nitrogen and oxygen atoms in total. The van der Waals surface area contributed by atoms with Crippen molar-refractivity contribution in [2.75, 3.05) is 21.3 Å².